The number of methoxy groups -OCH3 is 1. The van der Waals surface area contributed by atoms with Crippen LogP contribution in [0.25, 0.3) is 0 Å². The number of carboxylic acid groups (broad SMARTS) is 1. The van der Waals surface area contributed by atoms with Crippen LogP contribution in [0.15, 0.2) is 24.3 Å². The van der Waals surface area contributed by atoms with Gasteiger partial charge in [0, 0.05) is 18.7 Å². The third kappa shape index (κ3) is 6.01. The first kappa shape index (κ1) is 17.3. The van der Waals surface area contributed by atoms with E-state index in [0.717, 1.165) is 5.56 Å². The van der Waals surface area contributed by atoms with Crippen LogP contribution in [0.5, 0.6) is 0 Å². The number of urea groups is 1. The summed E-state index contributed by atoms with van der Waals surface area (Å²) in [6.45, 7) is 1.88. The van der Waals surface area contributed by atoms with Gasteiger partial charge in [0.15, 0.2) is 0 Å². The van der Waals surface area contributed by atoms with Crippen molar-refractivity contribution >= 4 is 23.6 Å². The quantitative estimate of drug-likeness (QED) is 0.720. The molecule has 2 unspecified atom stereocenters. The van der Waals surface area contributed by atoms with Crippen LogP contribution in [0.4, 0.5) is 4.79 Å². The zero-order valence-corrected chi connectivity index (χ0v) is 12.7. The molecule has 0 saturated heterocycles. The van der Waals surface area contributed by atoms with Crippen LogP contribution in [-0.4, -0.2) is 36.8 Å². The summed E-state index contributed by atoms with van der Waals surface area (Å²) in [5.74, 6) is -0.959. The fourth-order valence-corrected chi connectivity index (χ4v) is 2.02. The van der Waals surface area contributed by atoms with E-state index in [1.54, 1.807) is 26.2 Å². The maximum absolute atomic E-state index is 11.6. The fourth-order valence-electron chi connectivity index (χ4n) is 1.90. The molecule has 116 valence electrons. The molecule has 1 aromatic rings. The number of hydrogen-bond acceptors (Lipinski definition) is 3. The lowest BCUT2D eigenvalue weighted by atomic mass is 10.0. The molecule has 0 spiro atoms. The maximum Gasteiger partial charge on any atom is 0.315 e. The lowest BCUT2D eigenvalue weighted by molar-refractivity contribution is -0.136. The molecule has 0 bridgehead atoms. The molecule has 3 N–H and O–H groups in total. The highest BCUT2D eigenvalue weighted by atomic mass is 35.5. The topological polar surface area (TPSA) is 87.7 Å². The summed E-state index contributed by atoms with van der Waals surface area (Å²) in [7, 11) is 1.56. The number of amides is 2. The van der Waals surface area contributed by atoms with Gasteiger partial charge >= 0.3 is 12.0 Å². The smallest absolute Gasteiger partial charge is 0.315 e. The lowest BCUT2D eigenvalue weighted by Crippen LogP contribution is -2.44. The first-order valence-electron chi connectivity index (χ1n) is 6.48. The van der Waals surface area contributed by atoms with Gasteiger partial charge in [-0.15, -0.1) is 0 Å². The first-order valence-corrected chi connectivity index (χ1v) is 6.86. The van der Waals surface area contributed by atoms with E-state index in [-0.39, 0.29) is 25.1 Å². The highest BCUT2D eigenvalue weighted by molar-refractivity contribution is 6.30. The van der Waals surface area contributed by atoms with E-state index in [1.807, 2.05) is 12.1 Å². The van der Waals surface area contributed by atoms with E-state index in [2.05, 4.69) is 10.6 Å². The predicted octanol–water partition coefficient (Wildman–Crippen LogP) is 2.19. The van der Waals surface area contributed by atoms with E-state index < -0.39 is 12.0 Å². The molecule has 1 aromatic carbocycles. The molecule has 6 nitrogen and oxygen atoms in total. The second-order valence-electron chi connectivity index (χ2n) is 4.54. The number of halogens is 1. The molecule has 0 fully saturated rings. The van der Waals surface area contributed by atoms with Crippen molar-refractivity contribution in [3.63, 3.8) is 0 Å². The Labute approximate surface area is 128 Å². The summed E-state index contributed by atoms with van der Waals surface area (Å²) < 4.78 is 5.40. The number of carbonyl (C=O) groups is 2. The summed E-state index contributed by atoms with van der Waals surface area (Å²) in [5.41, 5.74) is 0.889. The number of nitrogens with one attached hydrogen (secondary N) is 2. The summed E-state index contributed by atoms with van der Waals surface area (Å²) in [6.07, 6.45) is -0.445. The van der Waals surface area contributed by atoms with Crippen molar-refractivity contribution in [3.8, 4) is 0 Å². The largest absolute Gasteiger partial charge is 0.481 e. The Kier molecular flexibility index (Phi) is 6.98. The molecule has 0 aromatic heterocycles. The van der Waals surface area contributed by atoms with Crippen molar-refractivity contribution in [2.75, 3.05) is 13.7 Å². The maximum atomic E-state index is 11.6. The van der Waals surface area contributed by atoms with E-state index in [9.17, 15) is 9.59 Å². The van der Waals surface area contributed by atoms with Gasteiger partial charge in [0.25, 0.3) is 0 Å². The highest BCUT2D eigenvalue weighted by Gasteiger charge is 2.20. The molecule has 2 atom stereocenters. The van der Waals surface area contributed by atoms with E-state index in [0.29, 0.717) is 5.02 Å². The van der Waals surface area contributed by atoms with Crippen molar-refractivity contribution in [3.05, 3.63) is 34.9 Å². The van der Waals surface area contributed by atoms with Gasteiger partial charge in [-0.25, -0.2) is 4.79 Å². The van der Waals surface area contributed by atoms with Gasteiger partial charge < -0.3 is 20.5 Å². The Morgan fingerprint density at radius 3 is 2.48 bits per heavy atom. The number of carbonyl (C=O) groups excluding carboxylic acids is 1. The number of aliphatic carboxylic acids is 1. The van der Waals surface area contributed by atoms with Gasteiger partial charge in [-0.3, -0.25) is 4.79 Å². The zero-order valence-electron chi connectivity index (χ0n) is 11.9. The van der Waals surface area contributed by atoms with Gasteiger partial charge in [-0.2, -0.15) is 0 Å². The lowest BCUT2D eigenvalue weighted by Gasteiger charge is -2.24. The number of carboxylic acids is 1. The van der Waals surface area contributed by atoms with Crippen LogP contribution in [-0.2, 0) is 9.53 Å². The number of hydrogen-bond donors (Lipinski definition) is 3. The van der Waals surface area contributed by atoms with Crippen molar-refractivity contribution in [2.45, 2.75) is 25.5 Å². The molecular formula is C14H19ClN2O4. The summed E-state index contributed by atoms with van der Waals surface area (Å²) >= 11 is 5.84. The summed E-state index contributed by atoms with van der Waals surface area (Å²) in [5, 5.41) is 14.3. The molecule has 0 saturated carbocycles. The van der Waals surface area contributed by atoms with Crippen LogP contribution < -0.4 is 10.6 Å². The second-order valence-corrected chi connectivity index (χ2v) is 4.98. The SMILES string of the molecule is COC(c1ccc(Cl)cc1)C(C)NC(=O)NCCC(=O)O. The normalized spacial score (nSPS) is 13.3. The number of benzene rings is 1. The molecule has 2 amide bonds. The van der Waals surface area contributed by atoms with Crippen LogP contribution in [0.2, 0.25) is 5.02 Å². The Morgan fingerprint density at radius 2 is 1.95 bits per heavy atom. The van der Waals surface area contributed by atoms with Crippen LogP contribution in [0.3, 0.4) is 0 Å². The van der Waals surface area contributed by atoms with Crippen LogP contribution in [0.1, 0.15) is 25.0 Å². The van der Waals surface area contributed by atoms with Crippen molar-refractivity contribution in [1.82, 2.24) is 10.6 Å². The summed E-state index contributed by atoms with van der Waals surface area (Å²) in [4.78, 5) is 22.0. The number of ether oxygens (including phenoxy) is 1. The van der Waals surface area contributed by atoms with Gasteiger partial charge in [0.05, 0.1) is 12.5 Å². The first-order chi connectivity index (χ1) is 9.93. The van der Waals surface area contributed by atoms with Gasteiger partial charge in [-0.05, 0) is 24.6 Å². The monoisotopic (exact) mass is 314 g/mol. The van der Waals surface area contributed by atoms with E-state index in [1.165, 1.54) is 0 Å². The molecule has 0 aliphatic heterocycles. The molecule has 0 heterocycles. The van der Waals surface area contributed by atoms with Crippen LogP contribution >= 0.6 is 11.6 Å². The minimum absolute atomic E-state index is 0.0759. The molecule has 0 radical (unpaired) electrons. The Hall–Kier alpha value is -1.79. The minimum Gasteiger partial charge on any atom is -0.481 e. The molecule has 0 aliphatic rings. The Morgan fingerprint density at radius 1 is 1.33 bits per heavy atom. The summed E-state index contributed by atoms with van der Waals surface area (Å²) in [6, 6.07) is 6.44. The molecule has 21 heavy (non-hydrogen) atoms. The van der Waals surface area contributed by atoms with Gasteiger partial charge in [0.2, 0.25) is 0 Å². The predicted molar refractivity (Wildman–Crippen MR) is 79.5 cm³/mol. The Balaban J connectivity index is 2.54. The van der Waals surface area contributed by atoms with Crippen molar-refractivity contribution < 1.29 is 19.4 Å². The van der Waals surface area contributed by atoms with Crippen LogP contribution in [0, 0.1) is 0 Å². The van der Waals surface area contributed by atoms with Gasteiger partial charge in [0.1, 0.15) is 6.10 Å². The van der Waals surface area contributed by atoms with Crippen molar-refractivity contribution in [1.29, 1.82) is 0 Å². The molecule has 7 heteroatoms. The second kappa shape index (κ2) is 8.49. The highest BCUT2D eigenvalue weighted by Crippen LogP contribution is 2.22. The zero-order chi connectivity index (χ0) is 15.8. The molecule has 0 aliphatic carbocycles. The standard InChI is InChI=1S/C14H19ClN2O4/c1-9(17-14(20)16-8-7-12(18)19)13(21-2)10-3-5-11(15)6-4-10/h3-6,9,13H,7-8H2,1-2H3,(H,18,19)(H2,16,17,20). The van der Waals surface area contributed by atoms with Gasteiger partial charge in [-0.1, -0.05) is 23.7 Å². The average molecular weight is 315 g/mol. The third-order valence-electron chi connectivity index (χ3n) is 2.89. The van der Waals surface area contributed by atoms with Crippen molar-refractivity contribution in [2.24, 2.45) is 0 Å². The molecule has 1 rings (SSSR count). The molecular weight excluding hydrogens is 296 g/mol. The average Bonchev–Trinajstić information content (AvgIpc) is 2.41. The number of rotatable bonds is 7. The fraction of sp³-hybridized carbons (Fsp3) is 0.429. The third-order valence-corrected chi connectivity index (χ3v) is 3.14. The minimum atomic E-state index is -0.959. The van der Waals surface area contributed by atoms with E-state index in [4.69, 9.17) is 21.4 Å². The Bertz CT molecular complexity index is 478. The van der Waals surface area contributed by atoms with E-state index >= 15 is 0 Å².